The molecule has 0 heterocycles. The van der Waals surface area contributed by atoms with Crippen LogP contribution >= 0.6 is 0 Å². The van der Waals surface area contributed by atoms with Crippen LogP contribution in [0.2, 0.25) is 0 Å². The summed E-state index contributed by atoms with van der Waals surface area (Å²) in [5.74, 6) is 0.236. The molecule has 2 fully saturated rings. The van der Waals surface area contributed by atoms with Crippen LogP contribution in [0.25, 0.3) is 0 Å². The quantitative estimate of drug-likeness (QED) is 0.483. The molecule has 5 heteroatoms. The van der Waals surface area contributed by atoms with Gasteiger partial charge in [0.05, 0.1) is 6.10 Å². The summed E-state index contributed by atoms with van der Waals surface area (Å²) in [6.45, 7) is 0. The maximum Gasteiger partial charge on any atom is 0.294 e. The minimum Gasteiger partial charge on any atom is -0.392 e. The predicted molar refractivity (Wildman–Crippen MR) is 38.7 cm³/mol. The number of hydrogen-bond acceptors (Lipinski definition) is 4. The average Bonchev–Trinajstić information content (AvgIpc) is 2.44. The van der Waals surface area contributed by atoms with Gasteiger partial charge in [0.15, 0.2) is 0 Å². The van der Waals surface area contributed by atoms with Crippen LogP contribution in [0.3, 0.4) is 0 Å². The fraction of sp³-hybridized carbons (Fsp3) is 1.00. The summed E-state index contributed by atoms with van der Waals surface area (Å²) in [6, 6.07) is 0. The number of hydrogen-bond donors (Lipinski definition) is 1. The van der Waals surface area contributed by atoms with Gasteiger partial charge in [-0.2, -0.15) is 0 Å². The Bertz CT molecular complexity index is 208. The monoisotopic (exact) mass is 173 g/mol. The molecule has 0 aliphatic heterocycles. The maximum absolute atomic E-state index is 10.0. The summed E-state index contributed by atoms with van der Waals surface area (Å²) in [4.78, 5) is 14.5. The molecule has 0 spiro atoms. The number of aliphatic hydroxyl groups excluding tert-OH is 1. The molecule has 68 valence electrons. The van der Waals surface area contributed by atoms with Gasteiger partial charge in [0, 0.05) is 5.92 Å². The third-order valence-corrected chi connectivity index (χ3v) is 3.03. The minimum atomic E-state index is -0.752. The SMILES string of the molecule is O=[N+]([O-])O[C@H]1C[C@@H]2CC[C@H]1[C@@H]2O. The lowest BCUT2D eigenvalue weighted by Gasteiger charge is -2.18. The second-order valence-corrected chi connectivity index (χ2v) is 3.60. The van der Waals surface area contributed by atoms with Gasteiger partial charge in [-0.15, -0.1) is 10.1 Å². The summed E-state index contributed by atoms with van der Waals surface area (Å²) >= 11 is 0. The third-order valence-electron chi connectivity index (χ3n) is 3.03. The van der Waals surface area contributed by atoms with E-state index in [1.165, 1.54) is 0 Å². The van der Waals surface area contributed by atoms with Crippen molar-refractivity contribution in [3.05, 3.63) is 10.1 Å². The zero-order valence-corrected chi connectivity index (χ0v) is 6.55. The van der Waals surface area contributed by atoms with Crippen LogP contribution in [-0.2, 0) is 4.84 Å². The highest BCUT2D eigenvalue weighted by Crippen LogP contribution is 2.45. The normalized spacial score (nSPS) is 44.8. The Morgan fingerprint density at radius 3 is 2.67 bits per heavy atom. The van der Waals surface area contributed by atoms with Crippen LogP contribution in [0.5, 0.6) is 0 Å². The van der Waals surface area contributed by atoms with Crippen molar-refractivity contribution in [2.24, 2.45) is 11.8 Å². The van der Waals surface area contributed by atoms with E-state index in [0.29, 0.717) is 6.42 Å². The molecular weight excluding hydrogens is 162 g/mol. The molecule has 0 unspecified atom stereocenters. The van der Waals surface area contributed by atoms with Crippen molar-refractivity contribution in [3.63, 3.8) is 0 Å². The molecule has 0 radical (unpaired) electrons. The molecule has 5 nitrogen and oxygen atoms in total. The summed E-state index contributed by atoms with van der Waals surface area (Å²) in [5.41, 5.74) is 0. The Kier molecular flexibility index (Phi) is 1.68. The van der Waals surface area contributed by atoms with E-state index in [1.807, 2.05) is 0 Å². The van der Waals surface area contributed by atoms with Crippen molar-refractivity contribution >= 4 is 0 Å². The van der Waals surface area contributed by atoms with E-state index in [-0.39, 0.29) is 24.0 Å². The first kappa shape index (κ1) is 7.79. The third kappa shape index (κ3) is 1.04. The minimum absolute atomic E-state index is 0.000370. The van der Waals surface area contributed by atoms with E-state index < -0.39 is 5.09 Å². The number of aliphatic hydroxyl groups is 1. The second-order valence-electron chi connectivity index (χ2n) is 3.60. The van der Waals surface area contributed by atoms with Gasteiger partial charge in [-0.25, -0.2) is 0 Å². The Morgan fingerprint density at radius 2 is 2.25 bits per heavy atom. The molecule has 1 N–H and O–H groups in total. The Hall–Kier alpha value is -0.840. The number of fused-ring (bicyclic) bond motifs is 2. The molecule has 0 saturated heterocycles. The van der Waals surface area contributed by atoms with Gasteiger partial charge in [0.1, 0.15) is 6.10 Å². The van der Waals surface area contributed by atoms with Crippen molar-refractivity contribution in [3.8, 4) is 0 Å². The Morgan fingerprint density at radius 1 is 1.50 bits per heavy atom. The highest BCUT2D eigenvalue weighted by atomic mass is 17.0. The lowest BCUT2D eigenvalue weighted by atomic mass is 9.98. The van der Waals surface area contributed by atoms with E-state index in [0.717, 1.165) is 12.8 Å². The summed E-state index contributed by atoms with van der Waals surface area (Å²) < 4.78 is 0. The molecule has 0 aromatic carbocycles. The standard InChI is InChI=1S/C7H11NO4/c9-7-4-1-2-5(7)6(3-4)12-8(10)11/h4-7,9H,1-3H2/t4-,5+,6-,7+/m0/s1. The van der Waals surface area contributed by atoms with Gasteiger partial charge in [-0.3, -0.25) is 0 Å². The van der Waals surface area contributed by atoms with Crippen LogP contribution in [-0.4, -0.2) is 22.4 Å². The van der Waals surface area contributed by atoms with E-state index in [4.69, 9.17) is 0 Å². The number of rotatable bonds is 2. The van der Waals surface area contributed by atoms with Crippen molar-refractivity contribution in [2.45, 2.75) is 31.5 Å². The summed E-state index contributed by atoms with van der Waals surface area (Å²) in [7, 11) is 0. The van der Waals surface area contributed by atoms with Gasteiger partial charge in [0.2, 0.25) is 0 Å². The van der Waals surface area contributed by atoms with E-state index >= 15 is 0 Å². The van der Waals surface area contributed by atoms with Crippen LogP contribution in [0.15, 0.2) is 0 Å². The first-order valence-corrected chi connectivity index (χ1v) is 4.17. The molecule has 0 aromatic rings. The van der Waals surface area contributed by atoms with Gasteiger partial charge >= 0.3 is 0 Å². The zero-order valence-electron chi connectivity index (χ0n) is 6.55. The van der Waals surface area contributed by atoms with Gasteiger partial charge in [0.25, 0.3) is 5.09 Å². The van der Waals surface area contributed by atoms with Crippen molar-refractivity contribution in [1.29, 1.82) is 0 Å². The first-order chi connectivity index (χ1) is 5.68. The predicted octanol–water partition coefficient (Wildman–Crippen LogP) is 0.354. The molecule has 2 aliphatic rings. The largest absolute Gasteiger partial charge is 0.392 e. The molecule has 2 bridgehead atoms. The first-order valence-electron chi connectivity index (χ1n) is 4.17. The van der Waals surface area contributed by atoms with E-state index in [1.54, 1.807) is 0 Å². The molecule has 4 atom stereocenters. The van der Waals surface area contributed by atoms with Crippen LogP contribution in [0.1, 0.15) is 19.3 Å². The molecule has 2 rings (SSSR count). The van der Waals surface area contributed by atoms with Gasteiger partial charge < -0.3 is 9.94 Å². The van der Waals surface area contributed by atoms with E-state index in [9.17, 15) is 15.2 Å². The van der Waals surface area contributed by atoms with Crippen LogP contribution in [0, 0.1) is 22.0 Å². The molecule has 2 aliphatic carbocycles. The van der Waals surface area contributed by atoms with Crippen LogP contribution in [0.4, 0.5) is 0 Å². The molecule has 0 aromatic heterocycles. The van der Waals surface area contributed by atoms with Crippen LogP contribution < -0.4 is 0 Å². The topological polar surface area (TPSA) is 72.6 Å². The molecule has 2 saturated carbocycles. The highest BCUT2D eigenvalue weighted by molar-refractivity contribution is 4.97. The smallest absolute Gasteiger partial charge is 0.294 e. The van der Waals surface area contributed by atoms with Crippen molar-refractivity contribution in [1.82, 2.24) is 0 Å². The Balaban J connectivity index is 1.99. The summed E-state index contributed by atoms with van der Waals surface area (Å²) in [5, 5.41) is 18.8. The summed E-state index contributed by atoms with van der Waals surface area (Å²) in [6.07, 6.45) is 1.78. The maximum atomic E-state index is 10.0. The lowest BCUT2D eigenvalue weighted by molar-refractivity contribution is -0.770. The highest BCUT2D eigenvalue weighted by Gasteiger charge is 2.48. The number of nitrogens with zero attached hydrogens (tertiary/aromatic N) is 1. The van der Waals surface area contributed by atoms with Gasteiger partial charge in [-0.05, 0) is 25.2 Å². The second kappa shape index (κ2) is 2.58. The molecular formula is C7H11NO4. The zero-order chi connectivity index (χ0) is 8.72. The fourth-order valence-electron chi connectivity index (χ4n) is 2.47. The van der Waals surface area contributed by atoms with Gasteiger partial charge in [-0.1, -0.05) is 0 Å². The van der Waals surface area contributed by atoms with E-state index in [2.05, 4.69) is 4.84 Å². The fourth-order valence-corrected chi connectivity index (χ4v) is 2.47. The molecule has 12 heavy (non-hydrogen) atoms. The molecule has 0 amide bonds. The van der Waals surface area contributed by atoms with Crippen molar-refractivity contribution < 1.29 is 15.0 Å². The van der Waals surface area contributed by atoms with Crippen molar-refractivity contribution in [2.75, 3.05) is 0 Å². The average molecular weight is 173 g/mol. The lowest BCUT2D eigenvalue weighted by Crippen LogP contribution is -2.25. The Labute approximate surface area is 69.4 Å².